The molecule has 0 N–H and O–H groups in total. The molecule has 0 spiro atoms. The van der Waals surface area contributed by atoms with Crippen molar-refractivity contribution in [1.82, 2.24) is 0 Å². The summed E-state index contributed by atoms with van der Waals surface area (Å²) >= 11 is 6.09. The van der Waals surface area contributed by atoms with Crippen LogP contribution in [0.2, 0.25) is 5.02 Å². The third kappa shape index (κ3) is 3.67. The van der Waals surface area contributed by atoms with Crippen LogP contribution in [0.5, 0.6) is 11.5 Å². The van der Waals surface area contributed by atoms with Crippen LogP contribution in [0, 0.1) is 0 Å². The summed E-state index contributed by atoms with van der Waals surface area (Å²) in [4.78, 5) is 11.0. The number of carbonyl (C=O) groups excluding carboxylic acids is 1. The molecule has 0 amide bonds. The maximum absolute atomic E-state index is 11.0. The molecule has 1 aromatic rings. The molecule has 0 heterocycles. The van der Waals surface area contributed by atoms with Gasteiger partial charge >= 0.3 is 5.97 Å². The number of methoxy groups -OCH3 is 2. The lowest BCUT2D eigenvalue weighted by Crippen LogP contribution is -1.97. The summed E-state index contributed by atoms with van der Waals surface area (Å²) in [6.07, 6.45) is 2.90. The van der Waals surface area contributed by atoms with Crippen molar-refractivity contribution < 1.29 is 19.0 Å². The number of ether oxygens (including phenoxy) is 3. The Kier molecular flexibility index (Phi) is 5.52. The highest BCUT2D eigenvalue weighted by atomic mass is 35.5. The van der Waals surface area contributed by atoms with Gasteiger partial charge in [0.1, 0.15) is 0 Å². The van der Waals surface area contributed by atoms with Crippen LogP contribution >= 0.6 is 11.6 Å². The van der Waals surface area contributed by atoms with Gasteiger partial charge in [0.2, 0.25) is 0 Å². The molecule has 0 aliphatic heterocycles. The highest BCUT2D eigenvalue weighted by Crippen LogP contribution is 2.36. The van der Waals surface area contributed by atoms with Crippen molar-refractivity contribution >= 4 is 23.6 Å². The highest BCUT2D eigenvalue weighted by molar-refractivity contribution is 6.32. The van der Waals surface area contributed by atoms with E-state index in [1.54, 1.807) is 18.2 Å². The van der Waals surface area contributed by atoms with Crippen molar-refractivity contribution in [2.75, 3.05) is 20.8 Å². The number of esters is 1. The van der Waals surface area contributed by atoms with Crippen LogP contribution in [-0.2, 0) is 9.53 Å². The second kappa shape index (κ2) is 6.91. The minimum absolute atomic E-state index is 0.431. The lowest BCUT2D eigenvalue weighted by atomic mass is 10.2. The molecular weight excluding hydrogens is 256 g/mol. The molecule has 0 unspecified atom stereocenters. The molecule has 0 aromatic heterocycles. The maximum Gasteiger partial charge on any atom is 0.330 e. The summed E-state index contributed by atoms with van der Waals surface area (Å²) in [6.45, 7) is 2.36. The first kappa shape index (κ1) is 14.4. The Bertz CT molecular complexity index is 455. The molecule has 1 rings (SSSR count). The van der Waals surface area contributed by atoms with Crippen LogP contribution in [0.25, 0.3) is 6.08 Å². The number of carbonyl (C=O) groups is 1. The number of hydrogen-bond acceptors (Lipinski definition) is 4. The average Bonchev–Trinajstić information content (AvgIpc) is 2.38. The molecule has 0 bridgehead atoms. The first-order chi connectivity index (χ1) is 8.62. The lowest BCUT2D eigenvalue weighted by Gasteiger charge is -2.11. The first-order valence-corrected chi connectivity index (χ1v) is 5.76. The van der Waals surface area contributed by atoms with Crippen LogP contribution in [-0.4, -0.2) is 26.8 Å². The molecule has 98 valence electrons. The minimum Gasteiger partial charge on any atom is -0.493 e. The molecule has 4 nitrogen and oxygen atoms in total. The van der Waals surface area contributed by atoms with E-state index < -0.39 is 5.97 Å². The quantitative estimate of drug-likeness (QED) is 0.610. The van der Waals surface area contributed by atoms with E-state index in [1.165, 1.54) is 20.3 Å². The van der Waals surface area contributed by atoms with Gasteiger partial charge in [-0.2, -0.15) is 0 Å². The molecule has 0 saturated carbocycles. The second-order valence-corrected chi connectivity index (χ2v) is 3.73. The van der Waals surface area contributed by atoms with Crippen LogP contribution in [0.15, 0.2) is 18.2 Å². The monoisotopic (exact) mass is 270 g/mol. The van der Waals surface area contributed by atoms with Gasteiger partial charge in [0.25, 0.3) is 0 Å². The molecule has 0 aliphatic rings. The summed E-state index contributed by atoms with van der Waals surface area (Å²) in [7, 11) is 2.85. The van der Waals surface area contributed by atoms with Gasteiger partial charge < -0.3 is 14.2 Å². The summed E-state index contributed by atoms with van der Waals surface area (Å²) in [6, 6.07) is 3.42. The zero-order valence-corrected chi connectivity index (χ0v) is 11.3. The van der Waals surface area contributed by atoms with E-state index in [0.29, 0.717) is 23.1 Å². The van der Waals surface area contributed by atoms with Gasteiger partial charge in [0.15, 0.2) is 11.5 Å². The number of rotatable bonds is 5. The third-order valence-corrected chi connectivity index (χ3v) is 2.43. The fourth-order valence-electron chi connectivity index (χ4n) is 1.35. The molecular formula is C13H15ClO4. The normalized spacial score (nSPS) is 10.4. The maximum atomic E-state index is 11.0. The predicted octanol–water partition coefficient (Wildman–Crippen LogP) is 2.93. The molecule has 0 aliphatic carbocycles. The SMILES string of the molecule is CCOc1c(Cl)cc(/C=C/C(=O)OC)cc1OC. The van der Waals surface area contributed by atoms with Crippen molar-refractivity contribution in [2.24, 2.45) is 0 Å². The smallest absolute Gasteiger partial charge is 0.330 e. The average molecular weight is 271 g/mol. The predicted molar refractivity (Wildman–Crippen MR) is 70.2 cm³/mol. The van der Waals surface area contributed by atoms with Crippen LogP contribution < -0.4 is 9.47 Å². The van der Waals surface area contributed by atoms with E-state index in [-0.39, 0.29) is 0 Å². The van der Waals surface area contributed by atoms with Crippen molar-refractivity contribution in [2.45, 2.75) is 6.92 Å². The van der Waals surface area contributed by atoms with Gasteiger partial charge in [-0.3, -0.25) is 0 Å². The zero-order valence-electron chi connectivity index (χ0n) is 10.5. The standard InChI is InChI=1S/C13H15ClO4/c1-4-18-13-10(14)7-9(8-11(13)16-2)5-6-12(15)17-3/h5-8H,4H2,1-3H3/b6-5+. The van der Waals surface area contributed by atoms with E-state index in [9.17, 15) is 4.79 Å². The summed E-state index contributed by atoms with van der Waals surface area (Å²) in [5.41, 5.74) is 0.728. The largest absolute Gasteiger partial charge is 0.493 e. The van der Waals surface area contributed by atoms with Crippen molar-refractivity contribution in [1.29, 1.82) is 0 Å². The van der Waals surface area contributed by atoms with E-state index >= 15 is 0 Å². The van der Waals surface area contributed by atoms with E-state index in [2.05, 4.69) is 4.74 Å². The van der Waals surface area contributed by atoms with Gasteiger partial charge in [0.05, 0.1) is 25.8 Å². The Balaban J connectivity index is 3.06. The molecule has 5 heteroatoms. The molecule has 18 heavy (non-hydrogen) atoms. The molecule has 1 aromatic carbocycles. The Labute approximate surface area is 111 Å². The van der Waals surface area contributed by atoms with Crippen molar-refractivity contribution in [3.8, 4) is 11.5 Å². The van der Waals surface area contributed by atoms with Crippen LogP contribution in [0.1, 0.15) is 12.5 Å². The second-order valence-electron chi connectivity index (χ2n) is 3.32. The minimum atomic E-state index is -0.432. The lowest BCUT2D eigenvalue weighted by molar-refractivity contribution is -0.134. The van der Waals surface area contributed by atoms with Crippen molar-refractivity contribution in [3.05, 3.63) is 28.8 Å². The van der Waals surface area contributed by atoms with Gasteiger partial charge in [-0.25, -0.2) is 4.79 Å². The summed E-state index contributed by atoms with van der Waals surface area (Å²) < 4.78 is 15.1. The van der Waals surface area contributed by atoms with E-state index in [4.69, 9.17) is 21.1 Å². The van der Waals surface area contributed by atoms with Crippen LogP contribution in [0.3, 0.4) is 0 Å². The third-order valence-electron chi connectivity index (χ3n) is 2.15. The molecule has 0 fully saturated rings. The topological polar surface area (TPSA) is 44.8 Å². The number of halogens is 1. The highest BCUT2D eigenvalue weighted by Gasteiger charge is 2.10. The summed E-state index contributed by atoms with van der Waals surface area (Å²) in [5, 5.41) is 0.431. The molecule has 0 radical (unpaired) electrons. The van der Waals surface area contributed by atoms with E-state index in [1.807, 2.05) is 6.92 Å². The van der Waals surface area contributed by atoms with Crippen molar-refractivity contribution in [3.63, 3.8) is 0 Å². The van der Waals surface area contributed by atoms with E-state index in [0.717, 1.165) is 5.56 Å². The Morgan fingerprint density at radius 2 is 2.11 bits per heavy atom. The van der Waals surface area contributed by atoms with Crippen LogP contribution in [0.4, 0.5) is 0 Å². The summed E-state index contributed by atoms with van der Waals surface area (Å²) in [5.74, 6) is 0.588. The molecule has 0 atom stereocenters. The Morgan fingerprint density at radius 1 is 1.39 bits per heavy atom. The number of hydrogen-bond donors (Lipinski definition) is 0. The fourth-order valence-corrected chi connectivity index (χ4v) is 1.63. The Hall–Kier alpha value is -1.68. The zero-order chi connectivity index (χ0) is 13.5. The van der Waals surface area contributed by atoms with Gasteiger partial charge in [-0.05, 0) is 30.7 Å². The van der Waals surface area contributed by atoms with Gasteiger partial charge in [-0.1, -0.05) is 11.6 Å². The van der Waals surface area contributed by atoms with Gasteiger partial charge in [-0.15, -0.1) is 0 Å². The molecule has 0 saturated heterocycles. The van der Waals surface area contributed by atoms with Gasteiger partial charge in [0, 0.05) is 6.08 Å². The fraction of sp³-hybridized carbons (Fsp3) is 0.308. The first-order valence-electron chi connectivity index (χ1n) is 5.38. The Morgan fingerprint density at radius 3 is 2.67 bits per heavy atom. The number of benzene rings is 1.